The van der Waals surface area contributed by atoms with E-state index < -0.39 is 100 Å². The summed E-state index contributed by atoms with van der Waals surface area (Å²) in [5, 5.41) is 16.1. The Hall–Kier alpha value is -4.73. The summed E-state index contributed by atoms with van der Waals surface area (Å²) in [5.74, 6) is -5.34. The zero-order chi connectivity index (χ0) is 44.1. The van der Waals surface area contributed by atoms with Crippen molar-refractivity contribution in [3.63, 3.8) is 0 Å². The minimum Gasteiger partial charge on any atom is -0.467 e. The van der Waals surface area contributed by atoms with Crippen molar-refractivity contribution in [2.45, 2.75) is 157 Å². The van der Waals surface area contributed by atoms with Crippen LogP contribution in [-0.2, 0) is 49.6 Å². The third kappa shape index (κ3) is 16.3. The fourth-order valence-corrected chi connectivity index (χ4v) is 5.44. The lowest BCUT2D eigenvalue weighted by Gasteiger charge is -2.34. The Labute approximate surface area is 338 Å². The van der Waals surface area contributed by atoms with E-state index in [1.54, 1.807) is 62.3 Å². The van der Waals surface area contributed by atoms with Gasteiger partial charge in [0, 0.05) is 0 Å². The molecule has 0 heterocycles. The zero-order valence-corrected chi connectivity index (χ0v) is 36.5. The molecule has 0 radical (unpaired) electrons. The van der Waals surface area contributed by atoms with E-state index in [9.17, 15) is 33.6 Å². The Morgan fingerprint density at radius 1 is 0.614 bits per heavy atom. The first-order valence-electron chi connectivity index (χ1n) is 19.5. The summed E-state index contributed by atoms with van der Waals surface area (Å²) in [6, 6.07) is 4.55. The van der Waals surface area contributed by atoms with Gasteiger partial charge < -0.3 is 46.1 Å². The van der Waals surface area contributed by atoms with Crippen LogP contribution in [0.15, 0.2) is 30.3 Å². The standard InChI is InChI=1S/C41H68N6O10/c1-16-25(6)30(43-32(48)28(23(2)3)45-38(54)57-39(8,9)10)35(51)46-40(11,12)36(52)44-31(26(7)56-22-27-20-18-17-19-21-27)33(49)42-29(24(4)5)34(50)47-41(13,14)37(53)55-15/h17-21,23-26,28-31H,16,22H2,1-15H3,(H,42,49)(H,43,48)(H,44,52)(H,45,54)(H,46,51)(H,47,50)/t25-,26+,28-,29-,30-,31-/m0/s1. The second-order valence-corrected chi connectivity index (χ2v) is 17.1. The molecule has 16 heteroatoms. The van der Waals surface area contributed by atoms with E-state index in [-0.39, 0.29) is 12.5 Å². The molecular formula is C41H68N6O10. The second kappa shape index (κ2) is 21.7. The average molecular weight is 805 g/mol. The van der Waals surface area contributed by atoms with Crippen molar-refractivity contribution in [1.29, 1.82) is 0 Å². The number of carbonyl (C=O) groups is 7. The highest BCUT2D eigenvalue weighted by Crippen LogP contribution is 2.16. The third-order valence-electron chi connectivity index (χ3n) is 9.19. The molecule has 57 heavy (non-hydrogen) atoms. The maximum Gasteiger partial charge on any atom is 0.408 e. The molecule has 0 unspecified atom stereocenters. The van der Waals surface area contributed by atoms with Gasteiger partial charge in [-0.3, -0.25) is 24.0 Å². The summed E-state index contributed by atoms with van der Waals surface area (Å²) in [4.78, 5) is 93.7. The highest BCUT2D eigenvalue weighted by molar-refractivity contribution is 5.98. The summed E-state index contributed by atoms with van der Waals surface area (Å²) < 4.78 is 16.2. The molecule has 1 aromatic carbocycles. The van der Waals surface area contributed by atoms with Gasteiger partial charge in [0.2, 0.25) is 29.5 Å². The lowest BCUT2D eigenvalue weighted by atomic mass is 9.94. The maximum absolute atomic E-state index is 14.0. The van der Waals surface area contributed by atoms with Crippen LogP contribution in [-0.4, -0.2) is 95.7 Å². The van der Waals surface area contributed by atoms with Crippen molar-refractivity contribution in [2.24, 2.45) is 17.8 Å². The van der Waals surface area contributed by atoms with Gasteiger partial charge >= 0.3 is 12.1 Å². The first-order chi connectivity index (χ1) is 26.2. The smallest absolute Gasteiger partial charge is 0.408 e. The van der Waals surface area contributed by atoms with Gasteiger partial charge in [-0.05, 0) is 78.7 Å². The first-order valence-corrected chi connectivity index (χ1v) is 19.5. The highest BCUT2D eigenvalue weighted by atomic mass is 16.6. The second-order valence-electron chi connectivity index (χ2n) is 17.1. The minimum atomic E-state index is -1.64. The average Bonchev–Trinajstić information content (AvgIpc) is 3.10. The molecule has 0 spiro atoms. The van der Waals surface area contributed by atoms with E-state index in [0.717, 1.165) is 5.56 Å². The number of alkyl carbamates (subject to hydrolysis) is 1. The molecule has 322 valence electrons. The lowest BCUT2D eigenvalue weighted by Crippen LogP contribution is -2.65. The molecule has 0 aliphatic heterocycles. The van der Waals surface area contributed by atoms with Crippen LogP contribution in [0.2, 0.25) is 0 Å². The molecule has 1 aromatic rings. The van der Waals surface area contributed by atoms with Crippen LogP contribution < -0.4 is 31.9 Å². The SMILES string of the molecule is CC[C@H](C)[C@H](NC(=O)[C@@H](NC(=O)OC(C)(C)C)C(C)C)C(=O)NC(C)(C)C(=O)N[C@H](C(=O)N[C@H](C(=O)NC(C)(C)C(=O)OC)C(C)C)[C@@H](C)OCc1ccccc1. The van der Waals surface area contributed by atoms with Gasteiger partial charge in [-0.15, -0.1) is 0 Å². The van der Waals surface area contributed by atoms with Gasteiger partial charge in [0.1, 0.15) is 40.8 Å². The molecule has 1 rings (SSSR count). The van der Waals surface area contributed by atoms with Crippen LogP contribution in [0.3, 0.4) is 0 Å². The van der Waals surface area contributed by atoms with E-state index >= 15 is 0 Å². The largest absolute Gasteiger partial charge is 0.467 e. The number of ether oxygens (including phenoxy) is 3. The molecule has 0 fully saturated rings. The zero-order valence-electron chi connectivity index (χ0n) is 36.5. The van der Waals surface area contributed by atoms with Crippen LogP contribution in [0, 0.1) is 17.8 Å². The lowest BCUT2D eigenvalue weighted by molar-refractivity contribution is -0.150. The monoisotopic (exact) mass is 804 g/mol. The molecule has 0 aromatic heterocycles. The fraction of sp³-hybridized carbons (Fsp3) is 0.683. The number of carbonyl (C=O) groups excluding carboxylic acids is 7. The maximum atomic E-state index is 14.0. The number of hydrogen-bond donors (Lipinski definition) is 6. The third-order valence-corrected chi connectivity index (χ3v) is 9.19. The number of rotatable bonds is 20. The van der Waals surface area contributed by atoms with Crippen LogP contribution >= 0.6 is 0 Å². The predicted molar refractivity (Wildman–Crippen MR) is 215 cm³/mol. The normalized spacial score (nSPS) is 15.2. The topological polar surface area (TPSA) is 219 Å². The van der Waals surface area contributed by atoms with Gasteiger partial charge in [-0.2, -0.15) is 0 Å². The Bertz CT molecular complexity index is 1540. The Balaban J connectivity index is 3.38. The van der Waals surface area contributed by atoms with Crippen LogP contribution in [0.1, 0.15) is 109 Å². The Kier molecular flexibility index (Phi) is 19.1. The van der Waals surface area contributed by atoms with Crippen molar-refractivity contribution in [3.05, 3.63) is 35.9 Å². The van der Waals surface area contributed by atoms with E-state index in [0.29, 0.717) is 6.42 Å². The molecule has 0 aliphatic carbocycles. The van der Waals surface area contributed by atoms with Crippen molar-refractivity contribution >= 4 is 41.6 Å². The van der Waals surface area contributed by atoms with E-state index in [4.69, 9.17) is 14.2 Å². The molecule has 0 saturated carbocycles. The molecular weight excluding hydrogens is 736 g/mol. The van der Waals surface area contributed by atoms with Crippen molar-refractivity contribution < 1.29 is 47.8 Å². The number of methoxy groups -OCH3 is 1. The van der Waals surface area contributed by atoms with E-state index in [1.807, 2.05) is 37.3 Å². The summed E-state index contributed by atoms with van der Waals surface area (Å²) in [5.41, 5.74) is -3.03. The predicted octanol–water partition coefficient (Wildman–Crippen LogP) is 3.26. The van der Waals surface area contributed by atoms with Crippen molar-refractivity contribution in [2.75, 3.05) is 7.11 Å². The summed E-state index contributed by atoms with van der Waals surface area (Å²) in [6.07, 6.45) is -1.25. The fourth-order valence-electron chi connectivity index (χ4n) is 5.44. The number of nitrogens with one attached hydrogen (secondary N) is 6. The highest BCUT2D eigenvalue weighted by Gasteiger charge is 2.41. The van der Waals surface area contributed by atoms with Gasteiger partial charge in [-0.1, -0.05) is 78.3 Å². The van der Waals surface area contributed by atoms with Gasteiger partial charge in [0.25, 0.3) is 0 Å². The van der Waals surface area contributed by atoms with Crippen molar-refractivity contribution in [3.8, 4) is 0 Å². The molecule has 0 saturated heterocycles. The summed E-state index contributed by atoms with van der Waals surface area (Å²) >= 11 is 0. The summed E-state index contributed by atoms with van der Waals surface area (Å²) in [7, 11) is 1.20. The van der Waals surface area contributed by atoms with Crippen molar-refractivity contribution in [1.82, 2.24) is 31.9 Å². The molecule has 6 amide bonds. The Morgan fingerprint density at radius 3 is 1.58 bits per heavy atom. The molecule has 6 atom stereocenters. The van der Waals surface area contributed by atoms with Gasteiger partial charge in [0.15, 0.2) is 0 Å². The van der Waals surface area contributed by atoms with E-state index in [1.165, 1.54) is 34.8 Å². The first kappa shape index (κ1) is 50.3. The van der Waals surface area contributed by atoms with Crippen LogP contribution in [0.5, 0.6) is 0 Å². The molecule has 16 nitrogen and oxygen atoms in total. The van der Waals surface area contributed by atoms with E-state index in [2.05, 4.69) is 31.9 Å². The Morgan fingerprint density at radius 2 is 1.09 bits per heavy atom. The minimum absolute atomic E-state index is 0.0969. The quantitative estimate of drug-likeness (QED) is 0.106. The summed E-state index contributed by atoms with van der Waals surface area (Å²) in [6.45, 7) is 23.1. The number of hydrogen-bond acceptors (Lipinski definition) is 10. The molecule has 0 bridgehead atoms. The molecule has 6 N–H and O–H groups in total. The van der Waals surface area contributed by atoms with Crippen LogP contribution in [0.25, 0.3) is 0 Å². The van der Waals surface area contributed by atoms with Gasteiger partial charge in [-0.25, -0.2) is 9.59 Å². The number of amides is 6. The van der Waals surface area contributed by atoms with Gasteiger partial charge in [0.05, 0.1) is 19.8 Å². The molecule has 0 aliphatic rings. The number of benzene rings is 1. The van der Waals surface area contributed by atoms with Crippen LogP contribution in [0.4, 0.5) is 4.79 Å². The number of esters is 1.